The molecular formula is C20H21N3O2. The fourth-order valence-electron chi connectivity index (χ4n) is 3.67. The zero-order valence-electron chi connectivity index (χ0n) is 14.0. The van der Waals surface area contributed by atoms with Gasteiger partial charge in [-0.15, -0.1) is 0 Å². The first kappa shape index (κ1) is 15.8. The lowest BCUT2D eigenvalue weighted by Crippen LogP contribution is -2.43. The highest BCUT2D eigenvalue weighted by Crippen LogP contribution is 2.34. The molecule has 0 aliphatic heterocycles. The van der Waals surface area contributed by atoms with Gasteiger partial charge in [0.1, 0.15) is 12.1 Å². The minimum Gasteiger partial charge on any atom is -0.383 e. The van der Waals surface area contributed by atoms with Crippen molar-refractivity contribution in [2.75, 3.05) is 6.54 Å². The number of carbonyl (C=O) groups is 1. The maximum atomic E-state index is 12.4. The molecule has 3 aromatic rings. The lowest BCUT2D eigenvalue weighted by molar-refractivity contribution is -0.123. The van der Waals surface area contributed by atoms with Crippen LogP contribution in [0.15, 0.2) is 54.7 Å². The van der Waals surface area contributed by atoms with E-state index < -0.39 is 5.60 Å². The van der Waals surface area contributed by atoms with Crippen LogP contribution in [0.3, 0.4) is 0 Å². The summed E-state index contributed by atoms with van der Waals surface area (Å²) in [6, 6.07) is 15.7. The van der Waals surface area contributed by atoms with Crippen LogP contribution in [0.5, 0.6) is 0 Å². The van der Waals surface area contributed by atoms with E-state index in [4.69, 9.17) is 0 Å². The summed E-state index contributed by atoms with van der Waals surface area (Å²) in [5.41, 5.74) is 2.05. The van der Waals surface area contributed by atoms with Gasteiger partial charge in [-0.1, -0.05) is 42.5 Å². The summed E-state index contributed by atoms with van der Waals surface area (Å²) in [5, 5.41) is 19.2. The van der Waals surface area contributed by atoms with Gasteiger partial charge in [0.25, 0.3) is 0 Å². The fraction of sp³-hybridized carbons (Fsp3) is 0.300. The Bertz CT molecular complexity index is 918. The van der Waals surface area contributed by atoms with Gasteiger partial charge in [0.15, 0.2) is 0 Å². The number of fused-ring (bicyclic) bond motifs is 2. The third kappa shape index (κ3) is 3.03. The minimum atomic E-state index is -0.989. The summed E-state index contributed by atoms with van der Waals surface area (Å²) in [5.74, 6) is -0.148. The molecule has 1 aromatic heterocycles. The first-order valence-corrected chi connectivity index (χ1v) is 8.64. The number of nitrogens with zero attached hydrogens (tertiary/aromatic N) is 2. The van der Waals surface area contributed by atoms with E-state index in [1.54, 1.807) is 10.9 Å². The Kier molecular flexibility index (Phi) is 4.01. The molecule has 0 saturated heterocycles. The van der Waals surface area contributed by atoms with E-state index >= 15 is 0 Å². The SMILES string of the molecule is O=C(Cn1ncc2ccccc21)NCC1(O)CCCc2ccccc21. The molecule has 1 aliphatic rings. The van der Waals surface area contributed by atoms with Crippen LogP contribution in [0.1, 0.15) is 24.0 Å². The van der Waals surface area contributed by atoms with Gasteiger partial charge >= 0.3 is 0 Å². The van der Waals surface area contributed by atoms with Gasteiger partial charge in [-0.05, 0) is 36.5 Å². The van der Waals surface area contributed by atoms with Crippen molar-refractivity contribution in [3.05, 3.63) is 65.9 Å². The van der Waals surface area contributed by atoms with Crippen LogP contribution in [0.25, 0.3) is 10.9 Å². The van der Waals surface area contributed by atoms with Gasteiger partial charge < -0.3 is 10.4 Å². The number of benzene rings is 2. The third-order valence-electron chi connectivity index (χ3n) is 4.98. The van der Waals surface area contributed by atoms with Crippen molar-refractivity contribution in [3.63, 3.8) is 0 Å². The number of nitrogens with one attached hydrogen (secondary N) is 1. The van der Waals surface area contributed by atoms with E-state index in [2.05, 4.69) is 16.5 Å². The molecule has 1 unspecified atom stereocenters. The number of hydrogen-bond donors (Lipinski definition) is 2. The number of para-hydroxylation sites is 1. The predicted molar refractivity (Wildman–Crippen MR) is 96.0 cm³/mol. The maximum Gasteiger partial charge on any atom is 0.241 e. The Morgan fingerprint density at radius 3 is 2.92 bits per heavy atom. The quantitative estimate of drug-likeness (QED) is 0.769. The summed E-state index contributed by atoms with van der Waals surface area (Å²) in [6.45, 7) is 0.368. The molecule has 0 bridgehead atoms. The van der Waals surface area contributed by atoms with Crippen LogP contribution in [-0.2, 0) is 23.4 Å². The summed E-state index contributed by atoms with van der Waals surface area (Å²) >= 11 is 0. The molecule has 5 heteroatoms. The molecule has 128 valence electrons. The highest BCUT2D eigenvalue weighted by molar-refractivity contribution is 5.82. The average molecular weight is 335 g/mol. The molecule has 5 nitrogen and oxygen atoms in total. The van der Waals surface area contributed by atoms with Crippen LogP contribution in [0.2, 0.25) is 0 Å². The van der Waals surface area contributed by atoms with E-state index in [0.717, 1.165) is 29.3 Å². The number of aryl methyl sites for hydroxylation is 1. The lowest BCUT2D eigenvalue weighted by atomic mass is 9.79. The molecule has 1 amide bonds. The zero-order valence-corrected chi connectivity index (χ0v) is 14.0. The molecule has 25 heavy (non-hydrogen) atoms. The predicted octanol–water partition coefficient (Wildman–Crippen LogP) is 2.38. The van der Waals surface area contributed by atoms with Crippen molar-refractivity contribution in [1.82, 2.24) is 15.1 Å². The Hall–Kier alpha value is -2.66. The summed E-state index contributed by atoms with van der Waals surface area (Å²) < 4.78 is 1.68. The highest BCUT2D eigenvalue weighted by Gasteiger charge is 2.34. The van der Waals surface area contributed by atoms with Crippen molar-refractivity contribution >= 4 is 16.8 Å². The molecule has 2 N–H and O–H groups in total. The van der Waals surface area contributed by atoms with Crippen molar-refractivity contribution in [2.24, 2.45) is 0 Å². The molecule has 1 heterocycles. The second-order valence-electron chi connectivity index (χ2n) is 6.68. The van der Waals surface area contributed by atoms with Gasteiger partial charge in [-0.3, -0.25) is 9.48 Å². The van der Waals surface area contributed by atoms with Crippen molar-refractivity contribution < 1.29 is 9.90 Å². The van der Waals surface area contributed by atoms with Crippen LogP contribution in [0, 0.1) is 0 Å². The zero-order chi connectivity index (χ0) is 17.3. The van der Waals surface area contributed by atoms with Crippen LogP contribution >= 0.6 is 0 Å². The number of hydrogen-bond acceptors (Lipinski definition) is 3. The van der Waals surface area contributed by atoms with E-state index in [1.165, 1.54) is 5.56 Å². The molecule has 1 aliphatic carbocycles. The monoisotopic (exact) mass is 335 g/mol. The van der Waals surface area contributed by atoms with Gasteiger partial charge in [0, 0.05) is 5.39 Å². The molecule has 0 fully saturated rings. The second-order valence-corrected chi connectivity index (χ2v) is 6.68. The summed E-state index contributed by atoms with van der Waals surface area (Å²) in [6.07, 6.45) is 4.32. The number of amides is 1. The average Bonchev–Trinajstić information content (AvgIpc) is 3.04. The van der Waals surface area contributed by atoms with E-state index in [-0.39, 0.29) is 19.0 Å². The van der Waals surface area contributed by atoms with Gasteiger partial charge in [-0.2, -0.15) is 5.10 Å². The largest absolute Gasteiger partial charge is 0.383 e. The molecule has 2 aromatic carbocycles. The molecule has 1 atom stereocenters. The van der Waals surface area contributed by atoms with Gasteiger partial charge in [-0.25, -0.2) is 0 Å². The normalized spacial score (nSPS) is 19.6. The number of aromatic nitrogens is 2. The minimum absolute atomic E-state index is 0.144. The van der Waals surface area contributed by atoms with E-state index in [9.17, 15) is 9.90 Å². The van der Waals surface area contributed by atoms with Crippen molar-refractivity contribution in [3.8, 4) is 0 Å². The van der Waals surface area contributed by atoms with Crippen molar-refractivity contribution in [2.45, 2.75) is 31.4 Å². The first-order valence-electron chi connectivity index (χ1n) is 8.64. The molecule has 0 radical (unpaired) electrons. The number of rotatable bonds is 4. The Morgan fingerprint density at radius 2 is 2.00 bits per heavy atom. The third-order valence-corrected chi connectivity index (χ3v) is 4.98. The maximum absolute atomic E-state index is 12.4. The van der Waals surface area contributed by atoms with Gasteiger partial charge in [0.05, 0.1) is 18.3 Å². The topological polar surface area (TPSA) is 67.2 Å². The fourth-order valence-corrected chi connectivity index (χ4v) is 3.67. The number of carbonyl (C=O) groups excluding carboxylic acids is 1. The smallest absolute Gasteiger partial charge is 0.241 e. The molecular weight excluding hydrogens is 314 g/mol. The molecule has 0 spiro atoms. The lowest BCUT2D eigenvalue weighted by Gasteiger charge is -2.34. The van der Waals surface area contributed by atoms with E-state index in [1.807, 2.05) is 42.5 Å². The molecule has 0 saturated carbocycles. The Morgan fingerprint density at radius 1 is 1.20 bits per heavy atom. The standard InChI is InChI=1S/C20H21N3O2/c24-19(13-23-18-10-4-2-7-16(18)12-22-23)21-14-20(25)11-5-8-15-6-1-3-9-17(15)20/h1-4,6-7,9-10,12,25H,5,8,11,13-14H2,(H,21,24). The Labute approximate surface area is 146 Å². The second kappa shape index (κ2) is 6.33. The molecule has 4 rings (SSSR count). The van der Waals surface area contributed by atoms with Gasteiger partial charge in [0.2, 0.25) is 5.91 Å². The van der Waals surface area contributed by atoms with E-state index in [0.29, 0.717) is 6.42 Å². The summed E-state index contributed by atoms with van der Waals surface area (Å²) in [4.78, 5) is 12.4. The van der Waals surface area contributed by atoms with Crippen LogP contribution in [-0.4, -0.2) is 27.3 Å². The first-order chi connectivity index (χ1) is 12.2. The van der Waals surface area contributed by atoms with Crippen LogP contribution in [0.4, 0.5) is 0 Å². The summed E-state index contributed by atoms with van der Waals surface area (Å²) in [7, 11) is 0. The van der Waals surface area contributed by atoms with Crippen LogP contribution < -0.4 is 5.32 Å². The Balaban J connectivity index is 1.46. The van der Waals surface area contributed by atoms with Crippen molar-refractivity contribution in [1.29, 1.82) is 0 Å². The number of aliphatic hydroxyl groups is 1. The highest BCUT2D eigenvalue weighted by atomic mass is 16.3.